The molecule has 3 rings (SSSR count). The van der Waals surface area contributed by atoms with Crippen LogP contribution >= 0.6 is 11.6 Å². The van der Waals surface area contributed by atoms with Gasteiger partial charge in [-0.3, -0.25) is 24.1 Å². The number of halogens is 2. The number of nitrogens with zero attached hydrogens (tertiary/aromatic N) is 3. The third-order valence-electron chi connectivity index (χ3n) is 9.15. The number of hydrogen-bond donors (Lipinski definition) is 2. The molecule has 2 fully saturated rings. The van der Waals surface area contributed by atoms with E-state index >= 15 is 0 Å². The van der Waals surface area contributed by atoms with Crippen LogP contribution in [0.5, 0.6) is 0 Å². The van der Waals surface area contributed by atoms with Crippen LogP contribution in [-0.2, 0) is 19.2 Å². The highest BCUT2D eigenvalue weighted by atomic mass is 35.5. The van der Waals surface area contributed by atoms with Crippen molar-refractivity contribution in [1.29, 1.82) is 0 Å². The molecule has 2 aliphatic rings. The van der Waals surface area contributed by atoms with E-state index in [1.54, 1.807) is 29.8 Å². The van der Waals surface area contributed by atoms with Crippen molar-refractivity contribution in [2.45, 2.75) is 118 Å². The highest BCUT2D eigenvalue weighted by molar-refractivity contribution is 6.31. The molecule has 0 aliphatic carbocycles. The minimum absolute atomic E-state index is 0.0382. The van der Waals surface area contributed by atoms with Gasteiger partial charge < -0.3 is 20.4 Å². The van der Waals surface area contributed by atoms with Gasteiger partial charge >= 0.3 is 0 Å². The fraction of sp³-hybridized carbons (Fsp3) is 0.657. The van der Waals surface area contributed by atoms with Crippen LogP contribution in [0.15, 0.2) is 29.8 Å². The van der Waals surface area contributed by atoms with Gasteiger partial charge in [-0.15, -0.1) is 0 Å². The number of benzene rings is 1. The van der Waals surface area contributed by atoms with Crippen molar-refractivity contribution >= 4 is 40.9 Å². The molecule has 0 aromatic heterocycles. The molecule has 4 amide bonds. The summed E-state index contributed by atoms with van der Waals surface area (Å²) >= 11 is 5.87. The smallest absolute Gasteiger partial charge is 0.249 e. The van der Waals surface area contributed by atoms with Crippen LogP contribution in [0.1, 0.15) is 87.5 Å². The standard InChI is InChI=1S/C35H53ClFN5O4/c1-21(2)29(40(9)34(46)30(35(6,7)8)39-32(44)27-13-10-11-17-41(27)22(3)4)19-23(5)33(45)42-18-12-14-28(42)31(43)38-24-15-16-26(37)25(36)20-24/h15-16,19-22,27-30H,10-14,17-18H2,1-9H3,(H,38,43)(H,39,44)/b23-19+. The van der Waals surface area contributed by atoms with Gasteiger partial charge in [0.2, 0.25) is 23.6 Å². The predicted octanol–water partition coefficient (Wildman–Crippen LogP) is 5.63. The van der Waals surface area contributed by atoms with Gasteiger partial charge in [-0.25, -0.2) is 4.39 Å². The molecule has 46 heavy (non-hydrogen) atoms. The Morgan fingerprint density at radius 1 is 1.00 bits per heavy atom. The van der Waals surface area contributed by atoms with Crippen molar-refractivity contribution in [1.82, 2.24) is 20.0 Å². The first-order chi connectivity index (χ1) is 21.4. The molecule has 0 radical (unpaired) electrons. The van der Waals surface area contributed by atoms with Crippen molar-refractivity contribution in [3.63, 3.8) is 0 Å². The van der Waals surface area contributed by atoms with E-state index in [0.717, 1.165) is 25.8 Å². The minimum Gasteiger partial charge on any atom is -0.342 e. The molecule has 0 bridgehead atoms. The monoisotopic (exact) mass is 661 g/mol. The first kappa shape index (κ1) is 37.5. The maximum absolute atomic E-state index is 14.1. The Balaban J connectivity index is 1.78. The van der Waals surface area contributed by atoms with Crippen molar-refractivity contribution in [2.75, 3.05) is 25.5 Å². The second kappa shape index (κ2) is 15.7. The number of carbonyl (C=O) groups is 4. The molecule has 2 N–H and O–H groups in total. The van der Waals surface area contributed by atoms with Gasteiger partial charge in [0.25, 0.3) is 0 Å². The minimum atomic E-state index is -0.766. The first-order valence-corrected chi connectivity index (χ1v) is 16.9. The van der Waals surface area contributed by atoms with E-state index in [1.165, 1.54) is 18.2 Å². The normalized spacial score (nSPS) is 20.9. The Kier molecular flexibility index (Phi) is 12.8. The van der Waals surface area contributed by atoms with Crippen molar-refractivity contribution in [2.24, 2.45) is 11.3 Å². The molecule has 2 aliphatic heterocycles. The zero-order chi connectivity index (χ0) is 34.5. The number of amides is 4. The van der Waals surface area contributed by atoms with Crippen LogP contribution in [0.25, 0.3) is 0 Å². The van der Waals surface area contributed by atoms with Crippen LogP contribution < -0.4 is 10.6 Å². The Hall–Kier alpha value is -2.98. The number of likely N-dealkylation sites (N-methyl/N-ethyl adjacent to an activating group) is 1. The summed E-state index contributed by atoms with van der Waals surface area (Å²) in [6.07, 6.45) is 5.74. The molecule has 9 nitrogen and oxygen atoms in total. The lowest BCUT2D eigenvalue weighted by Gasteiger charge is -2.41. The van der Waals surface area contributed by atoms with Gasteiger partial charge in [0.15, 0.2) is 0 Å². The van der Waals surface area contributed by atoms with E-state index < -0.39 is 29.4 Å². The maximum atomic E-state index is 14.1. The number of anilines is 1. The first-order valence-electron chi connectivity index (χ1n) is 16.5. The Morgan fingerprint density at radius 2 is 1.65 bits per heavy atom. The third-order valence-corrected chi connectivity index (χ3v) is 9.44. The lowest BCUT2D eigenvalue weighted by atomic mass is 9.84. The third kappa shape index (κ3) is 9.09. The van der Waals surface area contributed by atoms with Crippen molar-refractivity contribution in [3.05, 3.63) is 40.7 Å². The van der Waals surface area contributed by atoms with E-state index in [-0.39, 0.29) is 46.7 Å². The Labute approximate surface area is 279 Å². The van der Waals surface area contributed by atoms with Crippen LogP contribution in [0, 0.1) is 17.2 Å². The fourth-order valence-electron chi connectivity index (χ4n) is 6.48. The lowest BCUT2D eigenvalue weighted by molar-refractivity contribution is -0.142. The molecule has 2 saturated heterocycles. The number of rotatable bonds is 10. The van der Waals surface area contributed by atoms with Gasteiger partial charge in [-0.2, -0.15) is 0 Å². The summed E-state index contributed by atoms with van der Waals surface area (Å²) in [7, 11) is 1.72. The molecule has 0 saturated carbocycles. The van der Waals surface area contributed by atoms with Crippen molar-refractivity contribution in [3.8, 4) is 0 Å². The second-order valence-corrected chi connectivity index (χ2v) is 14.9. The summed E-state index contributed by atoms with van der Waals surface area (Å²) in [4.78, 5) is 60.0. The summed E-state index contributed by atoms with van der Waals surface area (Å²) in [6.45, 7) is 17.0. The molecule has 0 spiro atoms. The van der Waals surface area contributed by atoms with E-state index in [1.807, 2.05) is 34.6 Å². The second-order valence-electron chi connectivity index (χ2n) is 14.5. The van der Waals surface area contributed by atoms with Gasteiger partial charge in [-0.05, 0) is 82.5 Å². The SMILES string of the molecule is C/C(=C\C(C(C)C)N(C)C(=O)C(NC(=O)C1CCCCN1C(C)C)C(C)(C)C)C(=O)N1CCCC1C(=O)Nc1ccc(F)c(Cl)c1. The molecule has 11 heteroatoms. The molecular weight excluding hydrogens is 609 g/mol. The Morgan fingerprint density at radius 3 is 2.24 bits per heavy atom. The molecule has 4 atom stereocenters. The van der Waals surface area contributed by atoms with E-state index in [9.17, 15) is 23.6 Å². The van der Waals surface area contributed by atoms with Crippen LogP contribution in [0.3, 0.4) is 0 Å². The predicted molar refractivity (Wildman–Crippen MR) is 181 cm³/mol. The molecular formula is C35H53ClFN5O4. The summed E-state index contributed by atoms with van der Waals surface area (Å²) < 4.78 is 13.6. The molecule has 1 aromatic carbocycles. The highest BCUT2D eigenvalue weighted by Crippen LogP contribution is 2.27. The number of likely N-dealkylation sites (tertiary alicyclic amines) is 2. The number of piperidine rings is 1. The van der Waals surface area contributed by atoms with Crippen molar-refractivity contribution < 1.29 is 23.6 Å². The largest absolute Gasteiger partial charge is 0.342 e. The molecule has 1 aromatic rings. The zero-order valence-electron chi connectivity index (χ0n) is 29.0. The average molecular weight is 662 g/mol. The zero-order valence-corrected chi connectivity index (χ0v) is 29.7. The molecule has 4 unspecified atom stereocenters. The summed E-state index contributed by atoms with van der Waals surface area (Å²) in [5, 5.41) is 5.76. The van der Waals surface area contributed by atoms with E-state index in [4.69, 9.17) is 11.6 Å². The van der Waals surface area contributed by atoms with Gasteiger partial charge in [-0.1, -0.05) is 58.7 Å². The van der Waals surface area contributed by atoms with E-state index in [2.05, 4.69) is 29.4 Å². The van der Waals surface area contributed by atoms with Gasteiger partial charge in [0.1, 0.15) is 17.9 Å². The van der Waals surface area contributed by atoms with Gasteiger partial charge in [0, 0.05) is 30.9 Å². The maximum Gasteiger partial charge on any atom is 0.249 e. The lowest BCUT2D eigenvalue weighted by Crippen LogP contribution is -2.60. The van der Waals surface area contributed by atoms with Crippen LogP contribution in [0.2, 0.25) is 5.02 Å². The Bertz CT molecular complexity index is 1310. The van der Waals surface area contributed by atoms with E-state index in [0.29, 0.717) is 30.6 Å². The summed E-state index contributed by atoms with van der Waals surface area (Å²) in [5.41, 5.74) is 0.220. The fourth-order valence-corrected chi connectivity index (χ4v) is 6.66. The molecule has 2 heterocycles. The van der Waals surface area contributed by atoms with Crippen LogP contribution in [-0.4, -0.2) is 88.7 Å². The van der Waals surface area contributed by atoms with Crippen LogP contribution in [0.4, 0.5) is 10.1 Å². The summed E-state index contributed by atoms with van der Waals surface area (Å²) in [5.74, 6) is -1.62. The average Bonchev–Trinajstić information content (AvgIpc) is 3.48. The topological polar surface area (TPSA) is 102 Å². The quantitative estimate of drug-likeness (QED) is 0.317. The summed E-state index contributed by atoms with van der Waals surface area (Å²) in [6, 6.07) is 2.00. The number of carbonyl (C=O) groups excluding carboxylic acids is 4. The number of nitrogens with one attached hydrogen (secondary N) is 2. The number of hydrogen-bond acceptors (Lipinski definition) is 5. The van der Waals surface area contributed by atoms with Gasteiger partial charge in [0.05, 0.1) is 17.1 Å². The molecule has 256 valence electrons. The highest BCUT2D eigenvalue weighted by Gasteiger charge is 2.40.